The van der Waals surface area contributed by atoms with Crippen LogP contribution < -0.4 is 4.90 Å². The van der Waals surface area contributed by atoms with Gasteiger partial charge in [0.15, 0.2) is 0 Å². The molecule has 1 fully saturated rings. The Balaban J connectivity index is 1.51. The fraction of sp³-hybridized carbons (Fsp3) is 0.273. The second kappa shape index (κ2) is 8.26. The van der Waals surface area contributed by atoms with Gasteiger partial charge in [0.2, 0.25) is 0 Å². The van der Waals surface area contributed by atoms with Crippen molar-refractivity contribution in [3.63, 3.8) is 0 Å². The number of aromatic nitrogens is 2. The van der Waals surface area contributed by atoms with Crippen LogP contribution in [0.4, 0.5) is 18.9 Å². The van der Waals surface area contributed by atoms with Crippen LogP contribution in [0.3, 0.4) is 0 Å². The van der Waals surface area contributed by atoms with Crippen LogP contribution in [0.5, 0.6) is 0 Å². The summed E-state index contributed by atoms with van der Waals surface area (Å²) >= 11 is 6.07. The van der Waals surface area contributed by atoms with Crippen molar-refractivity contribution in [3.8, 4) is 5.69 Å². The third-order valence-electron chi connectivity index (χ3n) is 5.23. The molecule has 0 N–H and O–H groups in total. The van der Waals surface area contributed by atoms with E-state index in [1.54, 1.807) is 17.9 Å². The number of nitrogens with zero attached hydrogens (tertiary/aromatic N) is 4. The maximum absolute atomic E-state index is 13.2. The van der Waals surface area contributed by atoms with Crippen LogP contribution in [-0.2, 0) is 6.18 Å². The largest absolute Gasteiger partial charge is 0.416 e. The van der Waals surface area contributed by atoms with Gasteiger partial charge in [0, 0.05) is 36.9 Å². The zero-order valence-electron chi connectivity index (χ0n) is 16.7. The fourth-order valence-electron chi connectivity index (χ4n) is 3.64. The van der Waals surface area contributed by atoms with Crippen molar-refractivity contribution in [1.82, 2.24) is 14.7 Å². The highest BCUT2D eigenvalue weighted by Crippen LogP contribution is 2.30. The molecule has 0 bridgehead atoms. The van der Waals surface area contributed by atoms with Crippen LogP contribution in [0.2, 0.25) is 5.02 Å². The Kier molecular flexibility index (Phi) is 5.66. The van der Waals surface area contributed by atoms with E-state index < -0.39 is 11.7 Å². The van der Waals surface area contributed by atoms with Gasteiger partial charge < -0.3 is 9.80 Å². The number of carbonyl (C=O) groups excluding carboxylic acids is 1. The average Bonchev–Trinajstić information content (AvgIpc) is 3.14. The van der Waals surface area contributed by atoms with E-state index in [-0.39, 0.29) is 5.91 Å². The Labute approximate surface area is 182 Å². The van der Waals surface area contributed by atoms with E-state index in [1.807, 2.05) is 24.3 Å². The molecule has 0 atom stereocenters. The van der Waals surface area contributed by atoms with Crippen LogP contribution in [0.15, 0.2) is 54.6 Å². The van der Waals surface area contributed by atoms with Gasteiger partial charge in [-0.25, -0.2) is 4.68 Å². The lowest BCUT2D eigenvalue weighted by atomic mass is 10.2. The number of alkyl halides is 3. The van der Waals surface area contributed by atoms with Crippen molar-refractivity contribution >= 4 is 23.2 Å². The van der Waals surface area contributed by atoms with Gasteiger partial charge in [0.1, 0.15) is 5.69 Å². The summed E-state index contributed by atoms with van der Waals surface area (Å²) in [7, 11) is 0. The highest BCUT2D eigenvalue weighted by atomic mass is 35.5. The Morgan fingerprint density at radius 1 is 0.968 bits per heavy atom. The lowest BCUT2D eigenvalue weighted by molar-refractivity contribution is -0.137. The highest BCUT2D eigenvalue weighted by molar-refractivity contribution is 6.30. The Morgan fingerprint density at radius 2 is 1.65 bits per heavy atom. The van der Waals surface area contributed by atoms with Crippen LogP contribution in [-0.4, -0.2) is 46.8 Å². The number of carbonyl (C=O) groups is 1. The molecule has 2 heterocycles. The minimum absolute atomic E-state index is 0.203. The molecule has 1 amide bonds. The van der Waals surface area contributed by atoms with E-state index in [4.69, 9.17) is 11.6 Å². The van der Waals surface area contributed by atoms with E-state index in [0.29, 0.717) is 48.3 Å². The minimum atomic E-state index is -4.42. The summed E-state index contributed by atoms with van der Waals surface area (Å²) in [5, 5.41) is 4.98. The van der Waals surface area contributed by atoms with Gasteiger partial charge in [0.05, 0.1) is 16.9 Å². The maximum atomic E-state index is 13.2. The summed E-state index contributed by atoms with van der Waals surface area (Å²) in [4.78, 5) is 17.1. The van der Waals surface area contributed by atoms with Gasteiger partial charge in [-0.1, -0.05) is 17.7 Å². The minimum Gasteiger partial charge on any atom is -0.368 e. The zero-order valence-corrected chi connectivity index (χ0v) is 17.5. The molecule has 4 rings (SSSR count). The molecule has 31 heavy (non-hydrogen) atoms. The van der Waals surface area contributed by atoms with Crippen molar-refractivity contribution in [3.05, 3.63) is 76.6 Å². The number of piperazine rings is 1. The van der Waals surface area contributed by atoms with Gasteiger partial charge in [0.25, 0.3) is 5.91 Å². The van der Waals surface area contributed by atoms with E-state index in [1.165, 1.54) is 16.8 Å². The molecule has 5 nitrogen and oxygen atoms in total. The van der Waals surface area contributed by atoms with Crippen LogP contribution >= 0.6 is 11.6 Å². The number of halogens is 4. The highest BCUT2D eigenvalue weighted by Gasteiger charge is 2.30. The molecule has 1 aromatic heterocycles. The summed E-state index contributed by atoms with van der Waals surface area (Å²) in [6, 6.07) is 13.9. The third kappa shape index (κ3) is 4.54. The van der Waals surface area contributed by atoms with E-state index in [2.05, 4.69) is 10.00 Å². The van der Waals surface area contributed by atoms with Crippen molar-refractivity contribution in [2.24, 2.45) is 0 Å². The predicted octanol–water partition coefficient (Wildman–Crippen LogP) is 4.82. The van der Waals surface area contributed by atoms with Gasteiger partial charge in [-0.05, 0) is 55.5 Å². The third-order valence-corrected chi connectivity index (χ3v) is 5.47. The summed E-state index contributed by atoms with van der Waals surface area (Å²) in [6.45, 7) is 4.08. The van der Waals surface area contributed by atoms with Crippen molar-refractivity contribution in [2.75, 3.05) is 31.1 Å². The number of benzene rings is 2. The van der Waals surface area contributed by atoms with Gasteiger partial charge in [-0.15, -0.1) is 0 Å². The molecule has 1 saturated heterocycles. The van der Waals surface area contributed by atoms with Gasteiger partial charge in [-0.3, -0.25) is 4.79 Å². The number of anilines is 1. The van der Waals surface area contributed by atoms with Crippen molar-refractivity contribution in [1.29, 1.82) is 0 Å². The average molecular weight is 449 g/mol. The SMILES string of the molecule is Cc1cc(C(=O)N2CCN(c3cccc(Cl)c3)CC2)n(-c2ccc(C(F)(F)F)cc2)n1. The molecule has 2 aromatic carbocycles. The summed E-state index contributed by atoms with van der Waals surface area (Å²) in [6.07, 6.45) is -4.42. The molecule has 9 heteroatoms. The number of aryl methyl sites for hydroxylation is 1. The molecular formula is C22H20ClF3N4O. The summed E-state index contributed by atoms with van der Waals surface area (Å²) < 4.78 is 40.0. The Bertz CT molecular complexity index is 1090. The normalized spacial score (nSPS) is 14.7. The molecule has 3 aromatic rings. The van der Waals surface area contributed by atoms with Crippen LogP contribution in [0.25, 0.3) is 5.69 Å². The lowest BCUT2D eigenvalue weighted by Gasteiger charge is -2.36. The number of hydrogen-bond acceptors (Lipinski definition) is 3. The quantitative estimate of drug-likeness (QED) is 0.577. The molecule has 1 aliphatic rings. The van der Waals surface area contributed by atoms with E-state index >= 15 is 0 Å². The first-order chi connectivity index (χ1) is 14.7. The standard InChI is InChI=1S/C22H20ClF3N4O/c1-15-13-20(30(27-15)18-7-5-16(6-8-18)22(24,25)26)21(31)29-11-9-28(10-12-29)19-4-2-3-17(23)14-19/h2-8,13-14H,9-12H2,1H3. The molecule has 162 valence electrons. The predicted molar refractivity (Wildman–Crippen MR) is 113 cm³/mol. The molecule has 0 radical (unpaired) electrons. The summed E-state index contributed by atoms with van der Waals surface area (Å²) in [5.74, 6) is -0.203. The molecule has 0 unspecified atom stereocenters. The molecule has 0 saturated carbocycles. The number of amides is 1. The molecule has 1 aliphatic heterocycles. The summed E-state index contributed by atoms with van der Waals surface area (Å²) in [5.41, 5.74) is 1.60. The second-order valence-corrected chi connectivity index (χ2v) is 7.82. The smallest absolute Gasteiger partial charge is 0.368 e. The molecule has 0 spiro atoms. The Morgan fingerprint density at radius 3 is 2.26 bits per heavy atom. The number of hydrogen-bond donors (Lipinski definition) is 0. The topological polar surface area (TPSA) is 41.4 Å². The molecule has 0 aliphatic carbocycles. The lowest BCUT2D eigenvalue weighted by Crippen LogP contribution is -2.49. The van der Waals surface area contributed by atoms with Crippen molar-refractivity contribution in [2.45, 2.75) is 13.1 Å². The first kappa shape index (κ1) is 21.2. The van der Waals surface area contributed by atoms with Crippen LogP contribution in [0.1, 0.15) is 21.7 Å². The first-order valence-corrected chi connectivity index (χ1v) is 10.1. The van der Waals surface area contributed by atoms with Gasteiger partial charge >= 0.3 is 6.18 Å². The second-order valence-electron chi connectivity index (χ2n) is 7.39. The first-order valence-electron chi connectivity index (χ1n) is 9.76. The zero-order chi connectivity index (χ0) is 22.2. The monoisotopic (exact) mass is 448 g/mol. The number of rotatable bonds is 3. The Hall–Kier alpha value is -3.00. The van der Waals surface area contributed by atoms with E-state index in [0.717, 1.165) is 17.8 Å². The maximum Gasteiger partial charge on any atom is 0.416 e. The molecular weight excluding hydrogens is 429 g/mol. The fourth-order valence-corrected chi connectivity index (χ4v) is 3.83. The van der Waals surface area contributed by atoms with E-state index in [9.17, 15) is 18.0 Å². The van der Waals surface area contributed by atoms with Gasteiger partial charge in [-0.2, -0.15) is 18.3 Å². The van der Waals surface area contributed by atoms with Crippen LogP contribution in [0, 0.1) is 6.92 Å². The van der Waals surface area contributed by atoms with Crippen molar-refractivity contribution < 1.29 is 18.0 Å².